The monoisotopic (exact) mass is 679 g/mol. The molecule has 3 aromatic rings. The predicted molar refractivity (Wildman–Crippen MR) is 158 cm³/mol. The molecule has 5 heterocycles. The Morgan fingerprint density at radius 3 is 2.73 bits per heavy atom. The second kappa shape index (κ2) is 12.5. The van der Waals surface area contributed by atoms with E-state index >= 15 is 0 Å². The first kappa shape index (κ1) is 31.3. The molecule has 19 nitrogen and oxygen atoms in total. The van der Waals surface area contributed by atoms with E-state index in [0.717, 1.165) is 40.3 Å². The van der Waals surface area contributed by atoms with Crippen molar-refractivity contribution in [2.45, 2.75) is 23.2 Å². The van der Waals surface area contributed by atoms with E-state index in [9.17, 15) is 44.2 Å². The summed E-state index contributed by atoms with van der Waals surface area (Å²) >= 11 is 3.19. The van der Waals surface area contributed by atoms with Gasteiger partial charge in [0.25, 0.3) is 11.8 Å². The van der Waals surface area contributed by atoms with E-state index in [2.05, 4.69) is 25.5 Å². The van der Waals surface area contributed by atoms with Crippen LogP contribution in [-0.2, 0) is 32.9 Å². The molecule has 0 radical (unpaired) electrons. The van der Waals surface area contributed by atoms with Gasteiger partial charge in [-0.3, -0.25) is 38.7 Å². The number of aromatic nitrogens is 5. The number of oxime groups is 1. The maximum atomic E-state index is 13.3. The number of fused-ring (bicyclic) bond motifs is 1. The van der Waals surface area contributed by atoms with E-state index in [0.29, 0.717) is 10.3 Å². The molecule has 3 aromatic heterocycles. The highest BCUT2D eigenvalue weighted by Gasteiger charge is 2.54. The molecule has 0 aliphatic carbocycles. The van der Waals surface area contributed by atoms with Crippen molar-refractivity contribution in [1.82, 2.24) is 34.7 Å². The number of rotatable bonds is 10. The van der Waals surface area contributed by atoms with Gasteiger partial charge in [0.2, 0.25) is 5.43 Å². The molecule has 22 heteroatoms. The van der Waals surface area contributed by atoms with Gasteiger partial charge in [-0.1, -0.05) is 16.9 Å². The Morgan fingerprint density at radius 1 is 1.29 bits per heavy atom. The fraction of sp³-hybridized carbons (Fsp3) is 0.261. The van der Waals surface area contributed by atoms with E-state index in [1.54, 1.807) is 0 Å². The third-order valence-corrected chi connectivity index (χ3v) is 9.43. The van der Waals surface area contributed by atoms with Crippen LogP contribution in [-0.4, -0.2) is 91.2 Å². The molecular weight excluding hydrogens is 659 g/mol. The number of nitrogens with zero attached hydrogens (tertiary/aromatic N) is 6. The highest BCUT2D eigenvalue weighted by Crippen LogP contribution is 2.41. The minimum atomic E-state index is -1.37. The lowest BCUT2D eigenvalue weighted by Gasteiger charge is -2.49. The van der Waals surface area contributed by atoms with Gasteiger partial charge < -0.3 is 31.3 Å². The number of thiazole rings is 1. The Bertz CT molecular complexity index is 1960. The first-order valence-corrected chi connectivity index (χ1v) is 15.3. The van der Waals surface area contributed by atoms with Crippen LogP contribution in [0.4, 0.5) is 5.13 Å². The van der Waals surface area contributed by atoms with Crippen molar-refractivity contribution in [3.63, 3.8) is 0 Å². The van der Waals surface area contributed by atoms with E-state index in [1.807, 2.05) is 0 Å². The summed E-state index contributed by atoms with van der Waals surface area (Å²) in [6, 6.07) is -0.250. The summed E-state index contributed by atoms with van der Waals surface area (Å²) in [6.45, 7) is -0.507. The van der Waals surface area contributed by atoms with Crippen LogP contribution in [0.1, 0.15) is 11.4 Å². The first-order chi connectivity index (χ1) is 21.3. The summed E-state index contributed by atoms with van der Waals surface area (Å²) < 4.78 is 1.66. The lowest BCUT2D eigenvalue weighted by Crippen LogP contribution is -2.71. The quantitative estimate of drug-likeness (QED) is 0.0340. The summed E-state index contributed by atoms with van der Waals surface area (Å²) in [5.74, 6) is -3.49. The summed E-state index contributed by atoms with van der Waals surface area (Å²) in [5, 5.41) is 38.7. The van der Waals surface area contributed by atoms with Crippen molar-refractivity contribution < 1.29 is 34.6 Å². The molecule has 236 valence electrons. The molecular formula is C23H21N9O10S3. The third kappa shape index (κ3) is 6.28. The number of carboxylic acids is 1. The number of thioether (sulfide) groups is 2. The van der Waals surface area contributed by atoms with Gasteiger partial charge in [-0.25, -0.2) is 9.78 Å². The van der Waals surface area contributed by atoms with Crippen LogP contribution < -0.4 is 27.6 Å². The Kier molecular flexibility index (Phi) is 8.70. The number of β-lactam (4-membered cyclic amide) rings is 1. The molecule has 0 spiro atoms. The number of amides is 2. The Morgan fingerprint density at radius 2 is 2.04 bits per heavy atom. The van der Waals surface area contributed by atoms with Crippen molar-refractivity contribution in [2.75, 3.05) is 17.2 Å². The number of aliphatic carboxylic acids is 1. The average Bonchev–Trinajstić information content (AvgIpc) is 3.42. The number of hydrogen-bond donors (Lipinski definition) is 6. The number of anilines is 1. The highest BCUT2D eigenvalue weighted by molar-refractivity contribution is 8.01. The number of hydrogen-bond acceptors (Lipinski definition) is 16. The Labute approximate surface area is 262 Å². The lowest BCUT2D eigenvalue weighted by molar-refractivity contribution is -0.150. The highest BCUT2D eigenvalue weighted by atomic mass is 32.2. The van der Waals surface area contributed by atoms with Gasteiger partial charge in [-0.15, -0.1) is 23.1 Å². The number of carbonyl (C=O) groups is 3. The van der Waals surface area contributed by atoms with Crippen LogP contribution in [0.15, 0.2) is 53.6 Å². The second-order valence-corrected chi connectivity index (χ2v) is 12.2. The second-order valence-electron chi connectivity index (χ2n) is 9.25. The van der Waals surface area contributed by atoms with Crippen LogP contribution in [0.5, 0.6) is 5.75 Å². The SMILES string of the molecule is Cn1[nH]c(=O)c(=O)nc1SCC1=C(C(=O)O)N2C(=O)[C@@H](NC(=O)/C(=N/OCc3cc(=O)c(O)cn3O)c3csc(N)n3)[C@H]2SC1. The van der Waals surface area contributed by atoms with Crippen LogP contribution in [0.3, 0.4) is 0 Å². The normalized spacial score (nSPS) is 17.9. The average molecular weight is 680 g/mol. The number of aromatic hydroxyl groups is 1. The standard InChI is InChI=1S/C23H21N9O10S3/c1-30-23(27-17(36)18(37)28-30)45-6-8-5-43-20-14(19(38)32(20)15(8)21(39)40)26-16(35)13(10-7-44-22(24)25-10)29-42-4-9-2-11(33)12(34)3-31(9)41/h2-3,7,14,20,34,41H,4-6H2,1H3,(H2,24,25)(H,26,35)(H,28,37)(H,39,40)/b29-13+/t14-,20-/m1/s1. The van der Waals surface area contributed by atoms with E-state index < -0.39 is 63.8 Å². The van der Waals surface area contributed by atoms with Crippen molar-refractivity contribution >= 4 is 63.5 Å². The van der Waals surface area contributed by atoms with E-state index in [1.165, 1.54) is 28.9 Å². The molecule has 0 bridgehead atoms. The number of nitrogens with two attached hydrogens (primary N) is 1. The molecule has 2 amide bonds. The molecule has 0 unspecified atom stereocenters. The molecule has 2 atom stereocenters. The molecule has 0 aromatic carbocycles. The zero-order chi connectivity index (χ0) is 32.6. The minimum absolute atomic E-state index is 0.00211. The fourth-order valence-electron chi connectivity index (χ4n) is 4.17. The largest absolute Gasteiger partial charge is 0.503 e. The van der Waals surface area contributed by atoms with Crippen LogP contribution in [0.25, 0.3) is 0 Å². The predicted octanol–water partition coefficient (Wildman–Crippen LogP) is -1.94. The van der Waals surface area contributed by atoms with Gasteiger partial charge in [0.05, 0.1) is 6.20 Å². The molecule has 1 saturated heterocycles. The van der Waals surface area contributed by atoms with Gasteiger partial charge in [-0.2, -0.15) is 9.71 Å². The number of carboxylic acid groups (broad SMARTS) is 1. The zero-order valence-corrected chi connectivity index (χ0v) is 25.1. The number of carbonyl (C=O) groups excluding carboxylic acids is 2. The molecule has 7 N–H and O–H groups in total. The molecule has 0 saturated carbocycles. The number of aryl methyl sites for hydroxylation is 1. The summed E-state index contributed by atoms with van der Waals surface area (Å²) in [7, 11) is 1.46. The number of nitrogens with one attached hydrogen (secondary N) is 2. The smallest absolute Gasteiger partial charge is 0.352 e. The van der Waals surface area contributed by atoms with E-state index in [4.69, 9.17) is 10.6 Å². The van der Waals surface area contributed by atoms with Crippen molar-refractivity contribution in [1.29, 1.82) is 0 Å². The number of nitrogen functional groups attached to an aromatic ring is 1. The van der Waals surface area contributed by atoms with Gasteiger partial charge in [-0.05, 0) is 5.57 Å². The molecule has 5 rings (SSSR count). The minimum Gasteiger partial charge on any atom is -0.503 e. The number of H-pyrrole nitrogens is 1. The molecule has 2 aliphatic heterocycles. The molecule has 45 heavy (non-hydrogen) atoms. The molecule has 2 aliphatic rings. The summed E-state index contributed by atoms with van der Waals surface area (Å²) in [4.78, 5) is 87.4. The maximum Gasteiger partial charge on any atom is 0.352 e. The zero-order valence-electron chi connectivity index (χ0n) is 22.7. The van der Waals surface area contributed by atoms with Crippen LogP contribution in [0.2, 0.25) is 0 Å². The van der Waals surface area contributed by atoms with E-state index in [-0.39, 0.29) is 38.9 Å². The number of aromatic amines is 1. The van der Waals surface area contributed by atoms with Crippen molar-refractivity contribution in [3.05, 3.63) is 71.2 Å². The first-order valence-electron chi connectivity index (χ1n) is 12.4. The van der Waals surface area contributed by atoms with Crippen LogP contribution in [0, 0.1) is 0 Å². The summed E-state index contributed by atoms with van der Waals surface area (Å²) in [6.07, 6.45) is 0.752. The lowest BCUT2D eigenvalue weighted by atomic mass is 10.0. The fourth-order valence-corrected chi connectivity index (χ4v) is 7.12. The van der Waals surface area contributed by atoms with Gasteiger partial charge >= 0.3 is 17.1 Å². The summed E-state index contributed by atoms with van der Waals surface area (Å²) in [5.41, 5.74) is 2.58. The van der Waals surface area contributed by atoms with Gasteiger partial charge in [0.15, 0.2) is 28.4 Å². The Hall–Kier alpha value is -5.09. The van der Waals surface area contributed by atoms with Crippen molar-refractivity contribution in [3.8, 4) is 5.75 Å². The van der Waals surface area contributed by atoms with Gasteiger partial charge in [0, 0.05) is 30.0 Å². The Balaban J connectivity index is 1.32. The topological polar surface area (TPSA) is 277 Å². The van der Waals surface area contributed by atoms with Crippen molar-refractivity contribution in [2.24, 2.45) is 12.2 Å². The number of pyridine rings is 1. The third-order valence-electron chi connectivity index (χ3n) is 6.30. The molecule has 1 fully saturated rings. The van der Waals surface area contributed by atoms with Crippen LogP contribution >= 0.6 is 34.9 Å². The maximum absolute atomic E-state index is 13.3. The van der Waals surface area contributed by atoms with Gasteiger partial charge in [0.1, 0.15) is 28.5 Å².